The fourth-order valence-corrected chi connectivity index (χ4v) is 3.58. The van der Waals surface area contributed by atoms with Crippen LogP contribution in [0.2, 0.25) is 0 Å². The molecule has 2 aromatic carbocycles. The average molecular weight is 418 g/mol. The van der Waals surface area contributed by atoms with Crippen LogP contribution in [0.5, 0.6) is 11.5 Å². The van der Waals surface area contributed by atoms with Gasteiger partial charge in [-0.25, -0.2) is 10.2 Å². The second-order valence-corrected chi connectivity index (χ2v) is 7.43. The first-order valence-electron chi connectivity index (χ1n) is 10.0. The summed E-state index contributed by atoms with van der Waals surface area (Å²) < 4.78 is 11.3. The number of benzene rings is 2. The summed E-state index contributed by atoms with van der Waals surface area (Å²) in [5, 5.41) is 14.1. The number of nitrogens with zero attached hydrogens (tertiary/aromatic N) is 1. The number of hydrogen-bond acceptors (Lipinski definition) is 6. The number of para-hydroxylation sites is 1. The van der Waals surface area contributed by atoms with Gasteiger partial charge in [0.15, 0.2) is 0 Å². The van der Waals surface area contributed by atoms with Crippen molar-refractivity contribution in [2.24, 2.45) is 5.10 Å². The Morgan fingerprint density at radius 1 is 1.06 bits per heavy atom. The molecule has 3 aromatic rings. The van der Waals surface area contributed by atoms with Crippen molar-refractivity contribution in [2.75, 3.05) is 0 Å². The van der Waals surface area contributed by atoms with E-state index in [1.54, 1.807) is 31.2 Å². The molecule has 4 rings (SSSR count). The number of furan rings is 1. The molecule has 1 heterocycles. The van der Waals surface area contributed by atoms with Gasteiger partial charge in [0.2, 0.25) is 5.76 Å². The van der Waals surface area contributed by atoms with E-state index in [1.807, 2.05) is 19.1 Å². The van der Waals surface area contributed by atoms with Gasteiger partial charge >= 0.3 is 5.97 Å². The molecule has 7 nitrogen and oxygen atoms in total. The molecule has 0 saturated carbocycles. The second-order valence-electron chi connectivity index (χ2n) is 7.43. The lowest BCUT2D eigenvalue weighted by Gasteiger charge is -2.13. The number of ether oxygens (including phenoxy) is 1. The molecule has 0 spiro atoms. The molecule has 0 radical (unpaired) electrons. The first kappa shape index (κ1) is 20.4. The predicted octanol–water partition coefficient (Wildman–Crippen LogP) is 4.29. The maximum absolute atomic E-state index is 12.7. The van der Waals surface area contributed by atoms with Gasteiger partial charge in [0, 0.05) is 17.5 Å². The van der Waals surface area contributed by atoms with Crippen molar-refractivity contribution in [1.82, 2.24) is 5.43 Å². The minimum atomic E-state index is -0.576. The Balaban J connectivity index is 1.57. The summed E-state index contributed by atoms with van der Waals surface area (Å²) in [5.41, 5.74) is 5.67. The zero-order valence-electron chi connectivity index (χ0n) is 17.3. The summed E-state index contributed by atoms with van der Waals surface area (Å²) in [6.07, 6.45) is 2.07. The highest BCUT2D eigenvalue weighted by molar-refractivity contribution is 6.07. The van der Waals surface area contributed by atoms with Crippen LogP contribution in [-0.2, 0) is 6.42 Å². The molecular weight excluding hydrogens is 396 g/mol. The molecule has 1 amide bonds. The van der Waals surface area contributed by atoms with Crippen LogP contribution in [0, 0.1) is 13.8 Å². The van der Waals surface area contributed by atoms with Crippen LogP contribution >= 0.6 is 0 Å². The number of carbonyl (C=O) groups excluding carboxylic acids is 2. The normalized spacial score (nSPS) is 14.2. The lowest BCUT2D eigenvalue weighted by atomic mass is 9.93. The fraction of sp³-hybridized carbons (Fsp3) is 0.208. The van der Waals surface area contributed by atoms with Crippen molar-refractivity contribution in [3.05, 3.63) is 82.3 Å². The molecule has 0 fully saturated rings. The van der Waals surface area contributed by atoms with Gasteiger partial charge in [0.05, 0.1) is 11.3 Å². The van der Waals surface area contributed by atoms with Gasteiger partial charge in [0.1, 0.15) is 17.3 Å². The van der Waals surface area contributed by atoms with Gasteiger partial charge in [-0.2, -0.15) is 5.10 Å². The summed E-state index contributed by atoms with van der Waals surface area (Å²) in [7, 11) is 0. The van der Waals surface area contributed by atoms with Gasteiger partial charge < -0.3 is 14.3 Å². The van der Waals surface area contributed by atoms with E-state index in [0.717, 1.165) is 17.5 Å². The molecule has 1 aliphatic rings. The summed E-state index contributed by atoms with van der Waals surface area (Å²) in [6, 6.07) is 13.4. The smallest absolute Gasteiger partial charge is 0.379 e. The maximum Gasteiger partial charge on any atom is 0.379 e. The minimum absolute atomic E-state index is 0.120. The van der Waals surface area contributed by atoms with Crippen molar-refractivity contribution in [2.45, 2.75) is 33.1 Å². The second kappa shape index (κ2) is 8.47. The molecule has 2 N–H and O–H groups in total. The highest BCUT2D eigenvalue weighted by atomic mass is 16.5. The van der Waals surface area contributed by atoms with Crippen LogP contribution in [0.25, 0.3) is 0 Å². The number of aromatic hydroxyl groups is 1. The number of aryl methyl sites for hydroxylation is 2. The van der Waals surface area contributed by atoms with Gasteiger partial charge in [0.25, 0.3) is 5.91 Å². The quantitative estimate of drug-likeness (QED) is 0.374. The fourth-order valence-electron chi connectivity index (χ4n) is 3.58. The predicted molar refractivity (Wildman–Crippen MR) is 115 cm³/mol. The summed E-state index contributed by atoms with van der Waals surface area (Å²) >= 11 is 0. The van der Waals surface area contributed by atoms with Crippen LogP contribution in [-0.4, -0.2) is 22.7 Å². The summed E-state index contributed by atoms with van der Waals surface area (Å²) in [5.74, 6) is 0.00643. The van der Waals surface area contributed by atoms with Crippen molar-refractivity contribution in [3.8, 4) is 11.5 Å². The third-order valence-electron chi connectivity index (χ3n) is 5.18. The average Bonchev–Trinajstić information content (AvgIpc) is 3.11. The van der Waals surface area contributed by atoms with Crippen LogP contribution in [0.4, 0.5) is 0 Å². The van der Waals surface area contributed by atoms with E-state index in [1.165, 1.54) is 12.1 Å². The Morgan fingerprint density at radius 2 is 1.81 bits per heavy atom. The van der Waals surface area contributed by atoms with Gasteiger partial charge in [-0.1, -0.05) is 29.8 Å². The molecule has 158 valence electrons. The van der Waals surface area contributed by atoms with Crippen LogP contribution in [0.1, 0.15) is 56.2 Å². The highest BCUT2D eigenvalue weighted by Crippen LogP contribution is 2.30. The zero-order valence-corrected chi connectivity index (χ0v) is 17.3. The molecule has 0 aliphatic heterocycles. The standard InChI is InChI=1S/C24H22N2O5/c1-14-10-12-16(13-11-14)30-24(29)22-15(2)21-18(7-5-9-20(21)31-22)25-26-23(28)17-6-3-4-8-19(17)27/h3-4,6,8,10-13,27H,5,7,9H2,1-2H3,(H,26,28)/b25-18+. The van der Waals surface area contributed by atoms with Gasteiger partial charge in [-0.15, -0.1) is 0 Å². The number of nitrogens with one attached hydrogen (secondary N) is 1. The van der Waals surface area contributed by atoms with E-state index in [2.05, 4.69) is 10.5 Å². The minimum Gasteiger partial charge on any atom is -0.507 e. The van der Waals surface area contributed by atoms with E-state index < -0.39 is 11.9 Å². The van der Waals surface area contributed by atoms with E-state index in [0.29, 0.717) is 35.6 Å². The molecule has 0 saturated heterocycles. The number of phenols is 1. The Hall–Kier alpha value is -3.87. The number of carbonyl (C=O) groups is 2. The van der Waals surface area contributed by atoms with E-state index >= 15 is 0 Å². The lowest BCUT2D eigenvalue weighted by molar-refractivity contribution is 0.0698. The Kier molecular flexibility index (Phi) is 5.58. The zero-order chi connectivity index (χ0) is 22.0. The molecule has 1 aliphatic carbocycles. The number of esters is 1. The Bertz CT molecular complexity index is 1180. The van der Waals surface area contributed by atoms with Crippen LogP contribution in [0.3, 0.4) is 0 Å². The molecular formula is C24H22N2O5. The maximum atomic E-state index is 12.7. The number of hydrogen-bond donors (Lipinski definition) is 2. The first-order valence-corrected chi connectivity index (χ1v) is 10.0. The Labute approximate surface area is 179 Å². The van der Waals surface area contributed by atoms with Crippen molar-refractivity contribution < 1.29 is 23.8 Å². The topological polar surface area (TPSA) is 101 Å². The third-order valence-corrected chi connectivity index (χ3v) is 5.18. The van der Waals surface area contributed by atoms with Gasteiger partial charge in [-0.05, 0) is 51.0 Å². The number of hydrazone groups is 1. The molecule has 0 atom stereocenters. The van der Waals surface area contributed by atoms with E-state index in [9.17, 15) is 14.7 Å². The van der Waals surface area contributed by atoms with Crippen LogP contribution < -0.4 is 10.2 Å². The SMILES string of the molecule is Cc1ccc(OC(=O)c2oc3c(c2C)/C(=N/NC(=O)c2ccccc2O)CCC3)cc1. The Morgan fingerprint density at radius 3 is 2.55 bits per heavy atom. The van der Waals surface area contributed by atoms with Crippen molar-refractivity contribution in [3.63, 3.8) is 0 Å². The van der Waals surface area contributed by atoms with Crippen molar-refractivity contribution >= 4 is 17.6 Å². The molecule has 1 aromatic heterocycles. The monoisotopic (exact) mass is 418 g/mol. The van der Waals surface area contributed by atoms with Gasteiger partial charge in [-0.3, -0.25) is 4.79 Å². The first-order chi connectivity index (χ1) is 14.9. The molecule has 31 heavy (non-hydrogen) atoms. The number of rotatable bonds is 4. The molecule has 0 bridgehead atoms. The summed E-state index contributed by atoms with van der Waals surface area (Å²) in [4.78, 5) is 25.0. The number of phenolic OH excluding ortho intramolecular Hbond substituents is 1. The highest BCUT2D eigenvalue weighted by Gasteiger charge is 2.29. The largest absolute Gasteiger partial charge is 0.507 e. The van der Waals surface area contributed by atoms with Crippen molar-refractivity contribution in [1.29, 1.82) is 0 Å². The van der Waals surface area contributed by atoms with E-state index in [4.69, 9.17) is 9.15 Å². The van der Waals surface area contributed by atoms with Crippen LogP contribution in [0.15, 0.2) is 58.0 Å². The molecule has 7 heteroatoms. The number of fused-ring (bicyclic) bond motifs is 1. The lowest BCUT2D eigenvalue weighted by Crippen LogP contribution is -2.22. The third kappa shape index (κ3) is 4.21. The number of amides is 1. The van der Waals surface area contributed by atoms with E-state index in [-0.39, 0.29) is 17.1 Å². The summed E-state index contributed by atoms with van der Waals surface area (Å²) in [6.45, 7) is 3.73. The molecule has 0 unspecified atom stereocenters.